The molecule has 1 aromatic heterocycles. The summed E-state index contributed by atoms with van der Waals surface area (Å²) in [5, 5.41) is 14.5. The first-order chi connectivity index (χ1) is 11.5. The Hall–Kier alpha value is -2.93. The highest BCUT2D eigenvalue weighted by Gasteiger charge is 2.22. The SMILES string of the molecule is CC(=O)c1cccc(NC(=O)C(CC(=O)O)NCc2ccco2)c1. The number of Topliss-reactive ketones (excluding diaryl/α,β-unsaturated/α-hetero) is 1. The molecule has 7 heteroatoms. The Kier molecular flexibility index (Phi) is 5.86. The minimum absolute atomic E-state index is 0.121. The van der Waals surface area contributed by atoms with Gasteiger partial charge in [-0.2, -0.15) is 0 Å². The number of nitrogens with one attached hydrogen (secondary N) is 2. The van der Waals surface area contributed by atoms with Crippen LogP contribution in [0.5, 0.6) is 0 Å². The van der Waals surface area contributed by atoms with Crippen LogP contribution in [0.3, 0.4) is 0 Å². The lowest BCUT2D eigenvalue weighted by molar-refractivity contribution is -0.139. The summed E-state index contributed by atoms with van der Waals surface area (Å²) in [7, 11) is 0. The zero-order valence-electron chi connectivity index (χ0n) is 13.1. The summed E-state index contributed by atoms with van der Waals surface area (Å²) in [4.78, 5) is 34.7. The Balaban J connectivity index is 2.04. The Morgan fingerprint density at radius 3 is 2.62 bits per heavy atom. The summed E-state index contributed by atoms with van der Waals surface area (Å²) in [5.41, 5.74) is 0.897. The van der Waals surface area contributed by atoms with Gasteiger partial charge in [0.25, 0.3) is 0 Å². The fourth-order valence-electron chi connectivity index (χ4n) is 2.11. The maximum Gasteiger partial charge on any atom is 0.305 e. The predicted octanol–water partition coefficient (Wildman–Crippen LogP) is 2.05. The molecule has 126 valence electrons. The van der Waals surface area contributed by atoms with Crippen LogP contribution in [0.4, 0.5) is 5.69 Å². The molecule has 24 heavy (non-hydrogen) atoms. The maximum absolute atomic E-state index is 12.3. The lowest BCUT2D eigenvalue weighted by Crippen LogP contribution is -2.41. The minimum Gasteiger partial charge on any atom is -0.481 e. The number of aliphatic carboxylic acids is 1. The van der Waals surface area contributed by atoms with Crippen molar-refractivity contribution in [2.75, 3.05) is 5.32 Å². The van der Waals surface area contributed by atoms with Crippen molar-refractivity contribution >= 4 is 23.3 Å². The third-order valence-electron chi connectivity index (χ3n) is 3.33. The van der Waals surface area contributed by atoms with Crippen LogP contribution < -0.4 is 10.6 Å². The third-order valence-corrected chi connectivity index (χ3v) is 3.33. The van der Waals surface area contributed by atoms with Crippen LogP contribution in [0.2, 0.25) is 0 Å². The molecule has 2 aromatic rings. The molecule has 0 spiro atoms. The van der Waals surface area contributed by atoms with Crippen molar-refractivity contribution < 1.29 is 23.9 Å². The fraction of sp³-hybridized carbons (Fsp3) is 0.235. The van der Waals surface area contributed by atoms with E-state index < -0.39 is 17.9 Å². The number of hydrogen-bond acceptors (Lipinski definition) is 5. The molecule has 2 rings (SSSR count). The quantitative estimate of drug-likeness (QED) is 0.639. The van der Waals surface area contributed by atoms with Gasteiger partial charge in [-0.05, 0) is 31.2 Å². The van der Waals surface area contributed by atoms with Crippen molar-refractivity contribution in [1.29, 1.82) is 0 Å². The molecule has 0 fully saturated rings. The van der Waals surface area contributed by atoms with Crippen molar-refractivity contribution in [3.05, 3.63) is 54.0 Å². The monoisotopic (exact) mass is 330 g/mol. The number of hydrogen-bond donors (Lipinski definition) is 3. The van der Waals surface area contributed by atoms with Gasteiger partial charge < -0.3 is 14.8 Å². The van der Waals surface area contributed by atoms with Gasteiger partial charge in [-0.25, -0.2) is 0 Å². The normalized spacial score (nSPS) is 11.7. The number of furan rings is 1. The molecule has 0 aliphatic rings. The second-order valence-electron chi connectivity index (χ2n) is 5.24. The highest BCUT2D eigenvalue weighted by atomic mass is 16.4. The Labute approximate surface area is 138 Å². The van der Waals surface area contributed by atoms with Crippen molar-refractivity contribution in [1.82, 2.24) is 5.32 Å². The minimum atomic E-state index is -1.10. The van der Waals surface area contributed by atoms with E-state index in [1.165, 1.54) is 13.2 Å². The average Bonchev–Trinajstić information content (AvgIpc) is 3.04. The Bertz CT molecular complexity index is 724. The van der Waals surface area contributed by atoms with Crippen molar-refractivity contribution in [2.24, 2.45) is 0 Å². The zero-order chi connectivity index (χ0) is 17.5. The number of carbonyl (C=O) groups is 3. The summed E-state index contributed by atoms with van der Waals surface area (Å²) in [6, 6.07) is 8.96. The summed E-state index contributed by atoms with van der Waals surface area (Å²) >= 11 is 0. The predicted molar refractivity (Wildman–Crippen MR) is 86.7 cm³/mol. The van der Waals surface area contributed by atoms with Crippen LogP contribution in [0, 0.1) is 0 Å². The average molecular weight is 330 g/mol. The second kappa shape index (κ2) is 8.07. The van der Waals surface area contributed by atoms with Gasteiger partial charge in [-0.3, -0.25) is 19.7 Å². The zero-order valence-corrected chi connectivity index (χ0v) is 13.1. The molecule has 0 radical (unpaired) electrons. The second-order valence-corrected chi connectivity index (χ2v) is 5.24. The first-order valence-corrected chi connectivity index (χ1v) is 7.35. The molecule has 7 nitrogen and oxygen atoms in total. The number of amides is 1. The highest BCUT2D eigenvalue weighted by molar-refractivity contribution is 5.99. The van der Waals surface area contributed by atoms with Crippen molar-refractivity contribution in [3.8, 4) is 0 Å². The molecular weight excluding hydrogens is 312 g/mol. The van der Waals surface area contributed by atoms with Crippen LogP contribution in [0.1, 0.15) is 29.5 Å². The largest absolute Gasteiger partial charge is 0.481 e. The molecule has 0 bridgehead atoms. The molecule has 1 amide bonds. The number of anilines is 1. The van der Waals surface area contributed by atoms with E-state index >= 15 is 0 Å². The maximum atomic E-state index is 12.3. The molecule has 1 heterocycles. The lowest BCUT2D eigenvalue weighted by Gasteiger charge is -2.16. The smallest absolute Gasteiger partial charge is 0.305 e. The number of benzene rings is 1. The standard InChI is InChI=1S/C17H18N2O5/c1-11(20)12-4-2-5-13(8-12)19-17(23)15(9-16(21)22)18-10-14-6-3-7-24-14/h2-8,15,18H,9-10H2,1H3,(H,19,23)(H,21,22). The fourth-order valence-corrected chi connectivity index (χ4v) is 2.11. The molecule has 1 unspecified atom stereocenters. The van der Waals surface area contributed by atoms with Gasteiger partial charge >= 0.3 is 5.97 Å². The van der Waals surface area contributed by atoms with E-state index in [1.807, 2.05) is 0 Å². The summed E-state index contributed by atoms with van der Waals surface area (Å²) < 4.78 is 5.15. The molecule has 3 N–H and O–H groups in total. The summed E-state index contributed by atoms with van der Waals surface area (Å²) in [5.74, 6) is -1.12. The van der Waals surface area contributed by atoms with E-state index in [0.717, 1.165) is 0 Å². The van der Waals surface area contributed by atoms with Gasteiger partial charge in [-0.1, -0.05) is 12.1 Å². The summed E-state index contributed by atoms with van der Waals surface area (Å²) in [6.07, 6.45) is 1.12. The van der Waals surface area contributed by atoms with Crippen LogP contribution in [-0.4, -0.2) is 28.8 Å². The van der Waals surface area contributed by atoms with E-state index in [1.54, 1.807) is 36.4 Å². The van der Waals surface area contributed by atoms with Crippen LogP contribution in [0.25, 0.3) is 0 Å². The van der Waals surface area contributed by atoms with Gasteiger partial charge in [0.05, 0.1) is 25.3 Å². The number of carboxylic acid groups (broad SMARTS) is 1. The van der Waals surface area contributed by atoms with E-state index in [-0.39, 0.29) is 18.7 Å². The van der Waals surface area contributed by atoms with Gasteiger partial charge in [0.1, 0.15) is 5.76 Å². The molecule has 0 saturated carbocycles. The topological polar surface area (TPSA) is 109 Å². The first kappa shape index (κ1) is 17.4. The number of carboxylic acids is 1. The molecule has 0 aliphatic heterocycles. The van der Waals surface area contributed by atoms with E-state index in [0.29, 0.717) is 17.0 Å². The molecule has 1 atom stereocenters. The lowest BCUT2D eigenvalue weighted by atomic mass is 10.1. The summed E-state index contributed by atoms with van der Waals surface area (Å²) in [6.45, 7) is 1.66. The van der Waals surface area contributed by atoms with Crippen molar-refractivity contribution in [2.45, 2.75) is 25.9 Å². The number of rotatable bonds is 8. The Morgan fingerprint density at radius 1 is 1.21 bits per heavy atom. The number of ketones is 1. The van der Waals surface area contributed by atoms with Gasteiger partial charge in [-0.15, -0.1) is 0 Å². The van der Waals surface area contributed by atoms with E-state index in [2.05, 4.69) is 10.6 Å². The van der Waals surface area contributed by atoms with Crippen molar-refractivity contribution in [3.63, 3.8) is 0 Å². The highest BCUT2D eigenvalue weighted by Crippen LogP contribution is 2.12. The molecule has 1 aromatic carbocycles. The van der Waals surface area contributed by atoms with Gasteiger partial charge in [0.15, 0.2) is 5.78 Å². The van der Waals surface area contributed by atoms with Gasteiger partial charge in [0.2, 0.25) is 5.91 Å². The Morgan fingerprint density at radius 2 is 2.00 bits per heavy atom. The van der Waals surface area contributed by atoms with E-state index in [9.17, 15) is 14.4 Å². The van der Waals surface area contributed by atoms with Crippen LogP contribution in [-0.2, 0) is 16.1 Å². The van der Waals surface area contributed by atoms with Crippen LogP contribution in [0.15, 0.2) is 47.1 Å². The third kappa shape index (κ3) is 5.06. The number of carbonyl (C=O) groups excluding carboxylic acids is 2. The van der Waals surface area contributed by atoms with Gasteiger partial charge in [0, 0.05) is 11.3 Å². The first-order valence-electron chi connectivity index (χ1n) is 7.35. The molecular formula is C17H18N2O5. The molecule has 0 saturated heterocycles. The molecule has 0 aliphatic carbocycles. The van der Waals surface area contributed by atoms with Crippen LogP contribution >= 0.6 is 0 Å². The van der Waals surface area contributed by atoms with E-state index in [4.69, 9.17) is 9.52 Å².